The molecule has 4 heteroatoms. The second-order valence-electron chi connectivity index (χ2n) is 6.64. The standard InChI is InChI=1S/C18H24FNO2/c1-22-11-10-18(8-3-9-18)17(21)20-16-5-2-4-13-12-14(19)6-7-15(13)16/h6-7,12,16H,2-5,8-11H2,1H3,(H,20,21). The van der Waals surface area contributed by atoms with Gasteiger partial charge in [0.15, 0.2) is 0 Å². The smallest absolute Gasteiger partial charge is 0.226 e. The number of ether oxygens (including phenoxy) is 1. The lowest BCUT2D eigenvalue weighted by atomic mass is 9.66. The minimum Gasteiger partial charge on any atom is -0.385 e. The molecule has 22 heavy (non-hydrogen) atoms. The van der Waals surface area contributed by atoms with E-state index < -0.39 is 0 Å². The fourth-order valence-corrected chi connectivity index (χ4v) is 3.74. The van der Waals surface area contributed by atoms with Crippen molar-refractivity contribution in [3.63, 3.8) is 0 Å². The molecule has 0 aliphatic heterocycles. The zero-order valence-corrected chi connectivity index (χ0v) is 13.2. The molecule has 0 radical (unpaired) electrons. The van der Waals surface area contributed by atoms with Crippen LogP contribution in [-0.2, 0) is 16.0 Å². The van der Waals surface area contributed by atoms with Crippen molar-refractivity contribution in [3.05, 3.63) is 35.1 Å². The number of hydrogen-bond donors (Lipinski definition) is 1. The highest BCUT2D eigenvalue weighted by Crippen LogP contribution is 2.45. The van der Waals surface area contributed by atoms with Crippen LogP contribution in [0.5, 0.6) is 0 Å². The predicted molar refractivity (Wildman–Crippen MR) is 83.0 cm³/mol. The topological polar surface area (TPSA) is 38.3 Å². The molecule has 1 aromatic carbocycles. The highest BCUT2D eigenvalue weighted by molar-refractivity contribution is 5.84. The van der Waals surface area contributed by atoms with Crippen LogP contribution in [-0.4, -0.2) is 19.6 Å². The van der Waals surface area contributed by atoms with E-state index >= 15 is 0 Å². The molecule has 0 heterocycles. The van der Waals surface area contributed by atoms with E-state index in [9.17, 15) is 9.18 Å². The van der Waals surface area contributed by atoms with Gasteiger partial charge in [0.2, 0.25) is 5.91 Å². The fraction of sp³-hybridized carbons (Fsp3) is 0.611. The molecule has 0 bridgehead atoms. The van der Waals surface area contributed by atoms with Crippen molar-refractivity contribution < 1.29 is 13.9 Å². The van der Waals surface area contributed by atoms with Gasteiger partial charge in [0, 0.05) is 13.7 Å². The molecule has 1 aromatic rings. The van der Waals surface area contributed by atoms with E-state index in [0.717, 1.165) is 56.1 Å². The Labute approximate surface area is 131 Å². The number of carbonyl (C=O) groups excluding carboxylic acids is 1. The largest absolute Gasteiger partial charge is 0.385 e. The molecule has 1 fully saturated rings. The number of fused-ring (bicyclic) bond motifs is 1. The lowest BCUT2D eigenvalue weighted by molar-refractivity contribution is -0.138. The van der Waals surface area contributed by atoms with Crippen LogP contribution < -0.4 is 5.32 Å². The molecule has 1 saturated carbocycles. The Balaban J connectivity index is 1.72. The molecular formula is C18H24FNO2. The van der Waals surface area contributed by atoms with Crippen LogP contribution in [0.3, 0.4) is 0 Å². The maximum Gasteiger partial charge on any atom is 0.226 e. The molecule has 1 unspecified atom stereocenters. The van der Waals surface area contributed by atoms with Gasteiger partial charge in [-0.05, 0) is 61.8 Å². The third-order valence-corrected chi connectivity index (χ3v) is 5.30. The molecule has 120 valence electrons. The van der Waals surface area contributed by atoms with Crippen molar-refractivity contribution >= 4 is 5.91 Å². The molecule has 0 spiro atoms. The minimum atomic E-state index is -0.242. The van der Waals surface area contributed by atoms with E-state index in [4.69, 9.17) is 4.74 Å². The van der Waals surface area contributed by atoms with E-state index in [1.807, 2.05) is 6.07 Å². The maximum atomic E-state index is 13.4. The summed E-state index contributed by atoms with van der Waals surface area (Å²) in [7, 11) is 1.68. The Morgan fingerprint density at radius 3 is 2.91 bits per heavy atom. The third-order valence-electron chi connectivity index (χ3n) is 5.30. The van der Waals surface area contributed by atoms with Crippen molar-refractivity contribution in [3.8, 4) is 0 Å². The molecule has 2 aliphatic rings. The van der Waals surface area contributed by atoms with Crippen molar-refractivity contribution in [2.75, 3.05) is 13.7 Å². The Morgan fingerprint density at radius 2 is 2.23 bits per heavy atom. The van der Waals surface area contributed by atoms with Crippen molar-refractivity contribution in [1.82, 2.24) is 5.32 Å². The number of methoxy groups -OCH3 is 1. The Kier molecular flexibility index (Phi) is 4.48. The van der Waals surface area contributed by atoms with E-state index in [2.05, 4.69) is 5.32 Å². The SMILES string of the molecule is COCCC1(C(=O)NC2CCCc3cc(F)ccc32)CCC1. The van der Waals surface area contributed by atoms with Gasteiger partial charge >= 0.3 is 0 Å². The maximum absolute atomic E-state index is 13.4. The number of halogens is 1. The highest BCUT2D eigenvalue weighted by atomic mass is 19.1. The van der Waals surface area contributed by atoms with Crippen LogP contribution in [0.4, 0.5) is 4.39 Å². The number of nitrogens with one attached hydrogen (secondary N) is 1. The summed E-state index contributed by atoms with van der Waals surface area (Å²) in [5.74, 6) is -0.0424. The summed E-state index contributed by atoms with van der Waals surface area (Å²) in [6.45, 7) is 0.625. The number of rotatable bonds is 5. The zero-order chi connectivity index (χ0) is 15.6. The predicted octanol–water partition coefficient (Wildman–Crippen LogP) is 3.53. The second-order valence-corrected chi connectivity index (χ2v) is 6.64. The average molecular weight is 305 g/mol. The van der Waals surface area contributed by atoms with Crippen molar-refractivity contribution in [1.29, 1.82) is 0 Å². The van der Waals surface area contributed by atoms with Crippen molar-refractivity contribution in [2.24, 2.45) is 5.41 Å². The molecule has 1 amide bonds. The summed E-state index contributed by atoms with van der Waals surface area (Å²) in [5, 5.41) is 3.23. The van der Waals surface area contributed by atoms with Crippen LogP contribution in [0.15, 0.2) is 18.2 Å². The summed E-state index contributed by atoms with van der Waals surface area (Å²) in [6, 6.07) is 4.96. The van der Waals surface area contributed by atoms with E-state index in [-0.39, 0.29) is 23.2 Å². The van der Waals surface area contributed by atoms with E-state index in [1.165, 1.54) is 6.07 Å². The number of hydrogen-bond acceptors (Lipinski definition) is 2. The molecule has 1 N–H and O–H groups in total. The molecule has 0 aromatic heterocycles. The van der Waals surface area contributed by atoms with Crippen LogP contribution >= 0.6 is 0 Å². The first-order chi connectivity index (χ1) is 10.6. The quantitative estimate of drug-likeness (QED) is 0.904. The molecule has 0 saturated heterocycles. The Bertz CT molecular complexity index is 554. The first-order valence-electron chi connectivity index (χ1n) is 8.23. The van der Waals surface area contributed by atoms with E-state index in [0.29, 0.717) is 6.61 Å². The van der Waals surface area contributed by atoms with E-state index in [1.54, 1.807) is 13.2 Å². The summed E-state index contributed by atoms with van der Waals surface area (Å²) < 4.78 is 18.5. The first-order valence-corrected chi connectivity index (χ1v) is 8.23. The van der Waals surface area contributed by atoms with Crippen molar-refractivity contribution in [2.45, 2.75) is 51.0 Å². The minimum absolute atomic E-state index is 0.0249. The number of aryl methyl sites for hydroxylation is 1. The Hall–Kier alpha value is -1.42. The molecule has 3 rings (SSSR count). The Morgan fingerprint density at radius 1 is 1.41 bits per heavy atom. The van der Waals surface area contributed by atoms with Crippen LogP contribution in [0, 0.1) is 11.2 Å². The molecule has 2 aliphatic carbocycles. The monoisotopic (exact) mass is 305 g/mol. The van der Waals surface area contributed by atoms with Gasteiger partial charge in [0.05, 0.1) is 11.5 Å². The van der Waals surface area contributed by atoms with Crippen LogP contribution in [0.1, 0.15) is 55.7 Å². The van der Waals surface area contributed by atoms with Gasteiger partial charge in [-0.2, -0.15) is 0 Å². The molecular weight excluding hydrogens is 281 g/mol. The molecule has 3 nitrogen and oxygen atoms in total. The van der Waals surface area contributed by atoms with Gasteiger partial charge in [-0.3, -0.25) is 4.79 Å². The number of carbonyl (C=O) groups is 1. The average Bonchev–Trinajstić information content (AvgIpc) is 2.46. The van der Waals surface area contributed by atoms with Gasteiger partial charge in [-0.15, -0.1) is 0 Å². The van der Waals surface area contributed by atoms with Gasteiger partial charge in [-0.25, -0.2) is 4.39 Å². The summed E-state index contributed by atoms with van der Waals surface area (Å²) >= 11 is 0. The fourth-order valence-electron chi connectivity index (χ4n) is 3.74. The van der Waals surface area contributed by atoms with Gasteiger partial charge < -0.3 is 10.1 Å². The summed E-state index contributed by atoms with van der Waals surface area (Å²) in [4.78, 5) is 12.8. The highest BCUT2D eigenvalue weighted by Gasteiger charge is 2.44. The lowest BCUT2D eigenvalue weighted by Gasteiger charge is -2.41. The third kappa shape index (κ3) is 2.89. The van der Waals surface area contributed by atoms with Crippen LogP contribution in [0.25, 0.3) is 0 Å². The van der Waals surface area contributed by atoms with Crippen LogP contribution in [0.2, 0.25) is 0 Å². The van der Waals surface area contributed by atoms with Gasteiger partial charge in [0.25, 0.3) is 0 Å². The summed E-state index contributed by atoms with van der Waals surface area (Å²) in [5.41, 5.74) is 1.88. The molecule has 1 atom stereocenters. The van der Waals surface area contributed by atoms with Gasteiger partial charge in [0.1, 0.15) is 5.82 Å². The number of benzene rings is 1. The summed E-state index contributed by atoms with van der Waals surface area (Å²) in [6.07, 6.45) is 6.63. The second kappa shape index (κ2) is 6.37. The lowest BCUT2D eigenvalue weighted by Crippen LogP contribution is -2.47. The zero-order valence-electron chi connectivity index (χ0n) is 13.2. The normalized spacial score (nSPS) is 22.5. The number of amides is 1. The van der Waals surface area contributed by atoms with Gasteiger partial charge in [-0.1, -0.05) is 12.5 Å². The first kappa shape index (κ1) is 15.5.